The number of halogens is 3. The predicted octanol–water partition coefficient (Wildman–Crippen LogP) is 5.31. The average molecular weight is 431 g/mol. The molecule has 0 aliphatic carbocycles. The normalized spacial score (nSPS) is 20.8. The molecule has 1 aromatic heterocycles. The van der Waals surface area contributed by atoms with Gasteiger partial charge in [0.15, 0.2) is 14.4 Å². The van der Waals surface area contributed by atoms with E-state index in [2.05, 4.69) is 4.98 Å². The lowest BCUT2D eigenvalue weighted by atomic mass is 9.77. The van der Waals surface area contributed by atoms with Gasteiger partial charge >= 0.3 is 13.3 Å². The molecule has 1 aliphatic rings. The molecule has 1 unspecified atom stereocenters. The van der Waals surface area contributed by atoms with Gasteiger partial charge in [0.2, 0.25) is 0 Å². The van der Waals surface area contributed by atoms with Crippen molar-refractivity contribution in [3.8, 4) is 0 Å². The van der Waals surface area contributed by atoms with Crippen LogP contribution in [-0.2, 0) is 13.7 Å². The molecule has 1 saturated heterocycles. The Morgan fingerprint density at radius 2 is 1.55 bits per heavy atom. The lowest BCUT2D eigenvalue weighted by Crippen LogP contribution is -2.45. The van der Waals surface area contributed by atoms with Crippen LogP contribution in [0.15, 0.2) is 12.3 Å². The van der Waals surface area contributed by atoms with Gasteiger partial charge in [-0.25, -0.2) is 0 Å². The highest BCUT2D eigenvalue weighted by molar-refractivity contribution is 6.74. The van der Waals surface area contributed by atoms with E-state index in [1.54, 1.807) is 20.0 Å². The third-order valence-corrected chi connectivity index (χ3v) is 10.9. The van der Waals surface area contributed by atoms with Crippen LogP contribution >= 0.6 is 0 Å². The molecule has 0 radical (unpaired) electrons. The molecule has 0 bridgehead atoms. The van der Waals surface area contributed by atoms with Crippen molar-refractivity contribution in [3.05, 3.63) is 23.5 Å². The van der Waals surface area contributed by atoms with E-state index in [1.165, 1.54) is 12.3 Å². The number of pyridine rings is 1. The molecule has 1 atom stereocenters. The summed E-state index contributed by atoms with van der Waals surface area (Å²) in [5, 5.41) is -0.353. The minimum absolute atomic E-state index is 0.139. The Balaban J connectivity index is 2.38. The van der Waals surface area contributed by atoms with Crippen molar-refractivity contribution < 1.29 is 26.9 Å². The number of aryl methyl sites for hydroxylation is 1. The first kappa shape index (κ1) is 24.4. The standard InChI is InChI=1S/C20H33BF3NO3Si/c1-13-11-15(16(20(22,23)24)26-29(9,10)17(2,3)4)25-12-14(13)21-27-18(5,6)19(7,8)28-21/h11-12,16H,1-10H3. The SMILES string of the molecule is Cc1cc(C(O[Si](C)(C)C(C)(C)C)C(F)(F)F)ncc1B1OC(C)(C)C(C)(C)O1. The van der Waals surface area contributed by atoms with Crippen molar-refractivity contribution in [1.29, 1.82) is 0 Å². The zero-order valence-electron chi connectivity index (χ0n) is 19.1. The fourth-order valence-electron chi connectivity index (χ4n) is 2.71. The first-order valence-corrected chi connectivity index (χ1v) is 12.8. The van der Waals surface area contributed by atoms with Gasteiger partial charge in [-0.05, 0) is 64.4 Å². The van der Waals surface area contributed by atoms with E-state index in [-0.39, 0.29) is 10.7 Å². The summed E-state index contributed by atoms with van der Waals surface area (Å²) in [6.07, 6.45) is -5.20. The van der Waals surface area contributed by atoms with E-state index in [1.807, 2.05) is 48.5 Å². The number of hydrogen-bond donors (Lipinski definition) is 0. The van der Waals surface area contributed by atoms with Gasteiger partial charge in [0, 0.05) is 11.7 Å². The van der Waals surface area contributed by atoms with E-state index in [4.69, 9.17) is 13.7 Å². The van der Waals surface area contributed by atoms with E-state index in [0.717, 1.165) is 0 Å². The minimum atomic E-state index is -4.55. The Morgan fingerprint density at radius 3 is 1.93 bits per heavy atom. The van der Waals surface area contributed by atoms with E-state index in [0.29, 0.717) is 11.0 Å². The van der Waals surface area contributed by atoms with Crippen LogP contribution in [0.2, 0.25) is 18.1 Å². The molecule has 0 aromatic carbocycles. The Labute approximate surface area is 173 Å². The molecule has 9 heteroatoms. The highest BCUT2D eigenvalue weighted by Crippen LogP contribution is 2.44. The lowest BCUT2D eigenvalue weighted by Gasteiger charge is -2.39. The summed E-state index contributed by atoms with van der Waals surface area (Å²) in [5.41, 5.74) is 0.0353. The van der Waals surface area contributed by atoms with Gasteiger partial charge in [0.25, 0.3) is 0 Å². The van der Waals surface area contributed by atoms with Crippen LogP contribution in [0.25, 0.3) is 0 Å². The number of alkyl halides is 3. The first-order valence-electron chi connectivity index (χ1n) is 9.85. The Hall–Kier alpha value is -0.898. The maximum atomic E-state index is 13.9. The molecule has 4 nitrogen and oxygen atoms in total. The van der Waals surface area contributed by atoms with Crippen LogP contribution in [0.5, 0.6) is 0 Å². The molecule has 29 heavy (non-hydrogen) atoms. The first-order chi connectivity index (χ1) is 12.8. The number of aromatic nitrogens is 1. The summed E-state index contributed by atoms with van der Waals surface area (Å²) in [6.45, 7) is 18.8. The van der Waals surface area contributed by atoms with Crippen LogP contribution in [0.3, 0.4) is 0 Å². The second kappa shape index (κ2) is 7.36. The van der Waals surface area contributed by atoms with Crippen molar-refractivity contribution in [2.24, 2.45) is 0 Å². The summed E-state index contributed by atoms with van der Waals surface area (Å²) >= 11 is 0. The van der Waals surface area contributed by atoms with Gasteiger partial charge in [-0.1, -0.05) is 20.8 Å². The fraction of sp³-hybridized carbons (Fsp3) is 0.750. The Morgan fingerprint density at radius 1 is 1.07 bits per heavy atom. The van der Waals surface area contributed by atoms with E-state index in [9.17, 15) is 13.2 Å². The van der Waals surface area contributed by atoms with Crippen molar-refractivity contribution >= 4 is 20.9 Å². The second-order valence-electron chi connectivity index (χ2n) is 10.4. The van der Waals surface area contributed by atoms with Crippen LogP contribution in [0.1, 0.15) is 65.8 Å². The molecule has 2 heterocycles. The second-order valence-corrected chi connectivity index (χ2v) is 15.1. The molecule has 0 N–H and O–H groups in total. The van der Waals surface area contributed by atoms with Crippen LogP contribution in [0.4, 0.5) is 13.2 Å². The van der Waals surface area contributed by atoms with Crippen molar-refractivity contribution in [3.63, 3.8) is 0 Å². The summed E-state index contributed by atoms with van der Waals surface area (Å²) in [5.74, 6) is 0. The van der Waals surface area contributed by atoms with Gasteiger partial charge in [0.05, 0.1) is 16.9 Å². The van der Waals surface area contributed by atoms with Crippen molar-refractivity contribution in [2.75, 3.05) is 0 Å². The predicted molar refractivity (Wildman–Crippen MR) is 112 cm³/mol. The summed E-state index contributed by atoms with van der Waals surface area (Å²) in [7, 11) is -3.34. The molecule has 0 amide bonds. The smallest absolute Gasteiger partial charge is 0.401 e. The highest BCUT2D eigenvalue weighted by atomic mass is 28.4. The molecular weight excluding hydrogens is 398 g/mol. The minimum Gasteiger partial charge on any atom is -0.401 e. The quantitative estimate of drug-likeness (QED) is 0.606. The summed E-state index contributed by atoms with van der Waals surface area (Å²) in [4.78, 5) is 4.13. The monoisotopic (exact) mass is 431 g/mol. The van der Waals surface area contributed by atoms with Gasteiger partial charge in [-0.2, -0.15) is 13.2 Å². The third kappa shape index (κ3) is 4.89. The molecule has 1 aromatic rings. The van der Waals surface area contributed by atoms with Gasteiger partial charge < -0.3 is 13.7 Å². The maximum Gasteiger partial charge on any atom is 0.496 e. The number of hydrogen-bond acceptors (Lipinski definition) is 4. The molecular formula is C20H33BF3NO3Si. The zero-order valence-corrected chi connectivity index (χ0v) is 20.1. The zero-order chi connectivity index (χ0) is 22.6. The van der Waals surface area contributed by atoms with Gasteiger partial charge in [-0.3, -0.25) is 4.98 Å². The molecule has 1 aliphatic heterocycles. The number of nitrogens with zero attached hydrogens (tertiary/aromatic N) is 1. The third-order valence-electron chi connectivity index (χ3n) is 6.46. The lowest BCUT2D eigenvalue weighted by molar-refractivity contribution is -0.202. The molecule has 0 saturated carbocycles. The van der Waals surface area contributed by atoms with Crippen LogP contribution in [-0.4, -0.2) is 37.8 Å². The van der Waals surface area contributed by atoms with Crippen LogP contribution in [0, 0.1) is 6.92 Å². The summed E-state index contributed by atoms with van der Waals surface area (Å²) < 4.78 is 59.4. The van der Waals surface area contributed by atoms with Crippen molar-refractivity contribution in [2.45, 2.75) is 97.0 Å². The molecule has 0 spiro atoms. The van der Waals surface area contributed by atoms with Gasteiger partial charge in [0.1, 0.15) is 0 Å². The average Bonchev–Trinajstić information content (AvgIpc) is 2.70. The topological polar surface area (TPSA) is 40.6 Å². The van der Waals surface area contributed by atoms with Crippen LogP contribution < -0.4 is 5.46 Å². The van der Waals surface area contributed by atoms with Crippen molar-refractivity contribution in [1.82, 2.24) is 4.98 Å². The largest absolute Gasteiger partial charge is 0.496 e. The highest BCUT2D eigenvalue weighted by Gasteiger charge is 2.53. The Bertz CT molecular complexity index is 744. The molecule has 1 fully saturated rings. The summed E-state index contributed by atoms with van der Waals surface area (Å²) in [6, 6.07) is 1.44. The van der Waals surface area contributed by atoms with E-state index < -0.39 is 38.9 Å². The number of rotatable bonds is 4. The molecule has 164 valence electrons. The Kier molecular flexibility index (Phi) is 6.18. The van der Waals surface area contributed by atoms with E-state index >= 15 is 0 Å². The maximum absolute atomic E-state index is 13.9. The van der Waals surface area contributed by atoms with Gasteiger partial charge in [-0.15, -0.1) is 0 Å². The fourth-order valence-corrected chi connectivity index (χ4v) is 3.91. The molecule has 2 rings (SSSR count).